The molecule has 0 saturated carbocycles. The Morgan fingerprint density at radius 3 is 2.73 bits per heavy atom. The number of fused-ring (bicyclic) bond motifs is 1. The highest BCUT2D eigenvalue weighted by molar-refractivity contribution is 5.82. The fourth-order valence-electron chi connectivity index (χ4n) is 2.58. The van der Waals surface area contributed by atoms with Crippen LogP contribution >= 0.6 is 0 Å². The maximum absolute atomic E-state index is 12.8. The van der Waals surface area contributed by atoms with E-state index < -0.39 is 0 Å². The van der Waals surface area contributed by atoms with Crippen molar-refractivity contribution < 1.29 is 4.39 Å². The molecule has 3 rings (SSSR count). The molecule has 0 fully saturated rings. The summed E-state index contributed by atoms with van der Waals surface area (Å²) >= 11 is 0. The summed E-state index contributed by atoms with van der Waals surface area (Å²) in [5, 5.41) is 1.24. The zero-order valence-electron chi connectivity index (χ0n) is 12.6. The third-order valence-electron chi connectivity index (χ3n) is 3.71. The van der Waals surface area contributed by atoms with Gasteiger partial charge in [0, 0.05) is 24.8 Å². The van der Waals surface area contributed by atoms with Crippen molar-refractivity contribution in [3.63, 3.8) is 0 Å². The Hall–Kier alpha value is -2.39. The Balaban J connectivity index is 1.61. The number of nitrogens with zero attached hydrogens (tertiary/aromatic N) is 1. The van der Waals surface area contributed by atoms with Gasteiger partial charge in [0.25, 0.3) is 0 Å². The Kier molecular flexibility index (Phi) is 4.35. The highest BCUT2D eigenvalue weighted by atomic mass is 19.1. The van der Waals surface area contributed by atoms with Gasteiger partial charge in [-0.05, 0) is 41.8 Å². The summed E-state index contributed by atoms with van der Waals surface area (Å²) in [7, 11) is 2.09. The van der Waals surface area contributed by atoms with E-state index in [1.54, 1.807) is 12.1 Å². The van der Waals surface area contributed by atoms with Gasteiger partial charge >= 0.3 is 0 Å². The van der Waals surface area contributed by atoms with Crippen molar-refractivity contribution in [3.8, 4) is 0 Å². The lowest BCUT2D eigenvalue weighted by atomic mass is 10.1. The first-order valence-corrected chi connectivity index (χ1v) is 7.38. The minimum atomic E-state index is -0.201. The van der Waals surface area contributed by atoms with E-state index in [4.69, 9.17) is 0 Å². The molecule has 112 valence electrons. The van der Waals surface area contributed by atoms with Crippen LogP contribution < -0.4 is 0 Å². The van der Waals surface area contributed by atoms with E-state index in [2.05, 4.69) is 47.3 Å². The molecular formula is C19H19FN2. The minimum absolute atomic E-state index is 0.201. The summed E-state index contributed by atoms with van der Waals surface area (Å²) in [6, 6.07) is 15.0. The standard InChI is InChI=1S/C19H19FN2/c1-22(13-3-4-15-7-9-18(20)10-8-15)14-17-6-2-5-16-11-12-21-19(16)17/h2-12,21H,13-14H2,1H3. The molecule has 1 N–H and O–H groups in total. The van der Waals surface area contributed by atoms with E-state index in [1.807, 2.05) is 12.3 Å². The smallest absolute Gasteiger partial charge is 0.123 e. The maximum atomic E-state index is 12.8. The van der Waals surface area contributed by atoms with E-state index >= 15 is 0 Å². The highest BCUT2D eigenvalue weighted by Crippen LogP contribution is 2.18. The van der Waals surface area contributed by atoms with Gasteiger partial charge in [-0.15, -0.1) is 0 Å². The van der Waals surface area contributed by atoms with Gasteiger partial charge in [-0.25, -0.2) is 4.39 Å². The van der Waals surface area contributed by atoms with Gasteiger partial charge in [0.1, 0.15) is 5.82 Å². The van der Waals surface area contributed by atoms with E-state index in [1.165, 1.54) is 28.6 Å². The molecule has 0 unspecified atom stereocenters. The first kappa shape index (κ1) is 14.5. The summed E-state index contributed by atoms with van der Waals surface area (Å²) in [6.07, 6.45) is 6.09. The summed E-state index contributed by atoms with van der Waals surface area (Å²) in [4.78, 5) is 5.55. The largest absolute Gasteiger partial charge is 0.361 e. The summed E-state index contributed by atoms with van der Waals surface area (Å²) in [5.74, 6) is -0.201. The number of aromatic amines is 1. The normalized spacial score (nSPS) is 11.8. The lowest BCUT2D eigenvalue weighted by Crippen LogP contribution is -2.17. The van der Waals surface area contributed by atoms with Crippen LogP contribution in [0.1, 0.15) is 11.1 Å². The molecule has 0 radical (unpaired) electrons. The molecule has 1 aromatic heterocycles. The number of rotatable bonds is 5. The quantitative estimate of drug-likeness (QED) is 0.736. The van der Waals surface area contributed by atoms with E-state index in [9.17, 15) is 4.39 Å². The van der Waals surface area contributed by atoms with Crippen LogP contribution in [-0.2, 0) is 6.54 Å². The lowest BCUT2D eigenvalue weighted by Gasteiger charge is -2.15. The lowest BCUT2D eigenvalue weighted by molar-refractivity contribution is 0.365. The fraction of sp³-hybridized carbons (Fsp3) is 0.158. The Bertz CT molecular complexity index is 771. The number of hydrogen-bond acceptors (Lipinski definition) is 1. The van der Waals surface area contributed by atoms with Crippen molar-refractivity contribution in [2.45, 2.75) is 6.54 Å². The second kappa shape index (κ2) is 6.58. The number of nitrogens with one attached hydrogen (secondary N) is 1. The molecule has 0 aliphatic carbocycles. The molecule has 22 heavy (non-hydrogen) atoms. The van der Waals surface area contributed by atoms with Crippen LogP contribution in [0.4, 0.5) is 4.39 Å². The molecule has 3 heteroatoms. The van der Waals surface area contributed by atoms with Crippen molar-refractivity contribution in [3.05, 3.63) is 77.7 Å². The molecule has 0 aliphatic heterocycles. The fourth-order valence-corrected chi connectivity index (χ4v) is 2.58. The Morgan fingerprint density at radius 2 is 1.91 bits per heavy atom. The summed E-state index contributed by atoms with van der Waals surface area (Å²) in [6.45, 7) is 1.72. The van der Waals surface area contributed by atoms with Gasteiger partial charge < -0.3 is 4.98 Å². The van der Waals surface area contributed by atoms with Crippen LogP contribution in [0.15, 0.2) is 60.8 Å². The molecule has 0 amide bonds. The van der Waals surface area contributed by atoms with Gasteiger partial charge in [0.15, 0.2) is 0 Å². The van der Waals surface area contributed by atoms with Crippen molar-refractivity contribution >= 4 is 17.0 Å². The highest BCUT2D eigenvalue weighted by Gasteiger charge is 2.04. The molecule has 0 saturated heterocycles. The number of likely N-dealkylation sites (N-methyl/N-ethyl adjacent to an activating group) is 1. The third-order valence-corrected chi connectivity index (χ3v) is 3.71. The molecule has 0 spiro atoms. The van der Waals surface area contributed by atoms with Gasteiger partial charge in [-0.3, -0.25) is 4.90 Å². The molecular weight excluding hydrogens is 275 g/mol. The molecule has 2 nitrogen and oxygen atoms in total. The van der Waals surface area contributed by atoms with Gasteiger partial charge in [-0.2, -0.15) is 0 Å². The second-order valence-corrected chi connectivity index (χ2v) is 5.51. The van der Waals surface area contributed by atoms with Crippen molar-refractivity contribution in [1.82, 2.24) is 9.88 Å². The minimum Gasteiger partial charge on any atom is -0.361 e. The molecule has 0 aliphatic rings. The van der Waals surface area contributed by atoms with Gasteiger partial charge in [0.2, 0.25) is 0 Å². The average molecular weight is 294 g/mol. The molecule has 0 atom stereocenters. The maximum Gasteiger partial charge on any atom is 0.123 e. The first-order chi connectivity index (χ1) is 10.7. The number of H-pyrrole nitrogens is 1. The van der Waals surface area contributed by atoms with Gasteiger partial charge in [-0.1, -0.05) is 42.5 Å². The van der Waals surface area contributed by atoms with Crippen molar-refractivity contribution in [2.24, 2.45) is 0 Å². The van der Waals surface area contributed by atoms with Crippen LogP contribution in [-0.4, -0.2) is 23.5 Å². The Labute approximate surface area is 129 Å². The van der Waals surface area contributed by atoms with E-state index in [0.717, 1.165) is 18.7 Å². The predicted octanol–water partition coefficient (Wildman–Crippen LogP) is 4.45. The Morgan fingerprint density at radius 1 is 1.09 bits per heavy atom. The SMILES string of the molecule is CN(CC=Cc1ccc(F)cc1)Cc1cccc2cc[nH]c12. The third kappa shape index (κ3) is 3.43. The number of para-hydroxylation sites is 1. The summed E-state index contributed by atoms with van der Waals surface area (Å²) in [5.41, 5.74) is 3.51. The zero-order valence-corrected chi connectivity index (χ0v) is 12.6. The molecule has 0 bridgehead atoms. The summed E-state index contributed by atoms with van der Waals surface area (Å²) < 4.78 is 12.8. The first-order valence-electron chi connectivity index (χ1n) is 7.38. The number of aromatic nitrogens is 1. The van der Waals surface area contributed by atoms with E-state index in [0.29, 0.717) is 0 Å². The van der Waals surface area contributed by atoms with Gasteiger partial charge in [0.05, 0.1) is 0 Å². The van der Waals surface area contributed by atoms with Crippen molar-refractivity contribution in [1.29, 1.82) is 0 Å². The van der Waals surface area contributed by atoms with Crippen molar-refractivity contribution in [2.75, 3.05) is 13.6 Å². The predicted molar refractivity (Wildman–Crippen MR) is 90.1 cm³/mol. The van der Waals surface area contributed by atoms with Crippen LogP contribution in [0.3, 0.4) is 0 Å². The zero-order chi connectivity index (χ0) is 15.4. The van der Waals surface area contributed by atoms with E-state index in [-0.39, 0.29) is 5.82 Å². The van der Waals surface area contributed by atoms with Crippen LogP contribution in [0, 0.1) is 5.82 Å². The molecule has 3 aromatic rings. The average Bonchev–Trinajstić information content (AvgIpc) is 2.99. The number of halogens is 1. The topological polar surface area (TPSA) is 19.0 Å². The molecule has 2 aromatic carbocycles. The second-order valence-electron chi connectivity index (χ2n) is 5.51. The van der Waals surface area contributed by atoms with Crippen LogP contribution in [0.2, 0.25) is 0 Å². The van der Waals surface area contributed by atoms with Crippen LogP contribution in [0.5, 0.6) is 0 Å². The number of benzene rings is 2. The van der Waals surface area contributed by atoms with Crippen LogP contribution in [0.25, 0.3) is 17.0 Å². The number of hydrogen-bond donors (Lipinski definition) is 1. The molecule has 1 heterocycles. The monoisotopic (exact) mass is 294 g/mol.